The van der Waals surface area contributed by atoms with Crippen LogP contribution in [-0.2, 0) is 9.47 Å². The second-order valence-electron chi connectivity index (χ2n) is 6.53. The Morgan fingerprint density at radius 2 is 2.00 bits per heavy atom. The van der Waals surface area contributed by atoms with Crippen LogP contribution in [0, 0.1) is 0 Å². The quantitative estimate of drug-likeness (QED) is 0.635. The van der Waals surface area contributed by atoms with Gasteiger partial charge in [0.1, 0.15) is 12.4 Å². The van der Waals surface area contributed by atoms with Crippen LogP contribution in [-0.4, -0.2) is 37.4 Å². The third-order valence-corrected chi connectivity index (χ3v) is 4.75. The summed E-state index contributed by atoms with van der Waals surface area (Å²) in [7, 11) is 1.63. The average Bonchev–Trinajstić information content (AvgIpc) is 3.25. The molecular weight excluding hydrogens is 342 g/mol. The summed E-state index contributed by atoms with van der Waals surface area (Å²) < 4.78 is 16.3. The molecule has 3 aromatic rings. The molecule has 27 heavy (non-hydrogen) atoms. The number of methoxy groups -OCH3 is 1. The lowest BCUT2D eigenvalue weighted by atomic mass is 10.0. The lowest BCUT2D eigenvalue weighted by Crippen LogP contribution is -2.18. The Morgan fingerprint density at radius 3 is 2.74 bits per heavy atom. The first-order valence-corrected chi connectivity index (χ1v) is 9.07. The average molecular weight is 363 g/mol. The van der Waals surface area contributed by atoms with E-state index < -0.39 is 0 Å². The van der Waals surface area contributed by atoms with E-state index in [1.807, 2.05) is 48.5 Å². The van der Waals surface area contributed by atoms with Crippen molar-refractivity contribution < 1.29 is 19.0 Å². The van der Waals surface area contributed by atoms with Crippen molar-refractivity contribution in [2.75, 3.05) is 20.3 Å². The molecule has 1 aromatic heterocycles. The Morgan fingerprint density at radius 1 is 1.19 bits per heavy atom. The van der Waals surface area contributed by atoms with Crippen LogP contribution in [0.5, 0.6) is 5.75 Å². The summed E-state index contributed by atoms with van der Waals surface area (Å²) in [6, 6.07) is 17.0. The molecule has 0 unspecified atom stereocenters. The zero-order valence-electron chi connectivity index (χ0n) is 15.2. The molecule has 2 aromatic carbocycles. The fraction of sp³-hybridized carbons (Fsp3) is 0.273. The van der Waals surface area contributed by atoms with Gasteiger partial charge in [-0.15, -0.1) is 0 Å². The molecule has 1 atom stereocenters. The maximum Gasteiger partial charge on any atom is 0.338 e. The normalized spacial score (nSPS) is 16.4. The highest BCUT2D eigenvalue weighted by Gasteiger charge is 2.20. The van der Waals surface area contributed by atoms with Crippen LogP contribution < -0.4 is 4.74 Å². The van der Waals surface area contributed by atoms with Gasteiger partial charge in [-0.2, -0.15) is 0 Å². The molecule has 1 fully saturated rings. The molecule has 138 valence electrons. The van der Waals surface area contributed by atoms with E-state index in [1.54, 1.807) is 13.2 Å². The number of pyridine rings is 1. The van der Waals surface area contributed by atoms with Crippen LogP contribution in [0.1, 0.15) is 23.2 Å². The summed E-state index contributed by atoms with van der Waals surface area (Å²) in [5.74, 6) is 0.426. The summed E-state index contributed by atoms with van der Waals surface area (Å²) in [5.41, 5.74) is 2.91. The largest absolute Gasteiger partial charge is 0.497 e. The molecule has 0 aliphatic carbocycles. The van der Waals surface area contributed by atoms with E-state index in [-0.39, 0.29) is 18.7 Å². The predicted octanol–water partition coefficient (Wildman–Crippen LogP) is 4.25. The lowest BCUT2D eigenvalue weighted by Gasteiger charge is -2.13. The van der Waals surface area contributed by atoms with Gasteiger partial charge < -0.3 is 14.2 Å². The highest BCUT2D eigenvalue weighted by molar-refractivity contribution is 6.04. The van der Waals surface area contributed by atoms with E-state index in [0.29, 0.717) is 5.56 Å². The summed E-state index contributed by atoms with van der Waals surface area (Å²) in [6.45, 7) is 1.02. The summed E-state index contributed by atoms with van der Waals surface area (Å²) in [5, 5.41) is 0.784. The van der Waals surface area contributed by atoms with Crippen molar-refractivity contribution in [1.29, 1.82) is 0 Å². The lowest BCUT2D eigenvalue weighted by molar-refractivity contribution is 0.0163. The maximum atomic E-state index is 12.8. The smallest absolute Gasteiger partial charge is 0.338 e. The van der Waals surface area contributed by atoms with Gasteiger partial charge in [-0.05, 0) is 49.2 Å². The van der Waals surface area contributed by atoms with Crippen molar-refractivity contribution in [3.63, 3.8) is 0 Å². The van der Waals surface area contributed by atoms with E-state index in [9.17, 15) is 4.79 Å². The Labute approximate surface area is 157 Å². The van der Waals surface area contributed by atoms with Gasteiger partial charge in [-0.25, -0.2) is 9.78 Å². The molecule has 1 aliphatic rings. The second-order valence-corrected chi connectivity index (χ2v) is 6.53. The molecule has 5 heteroatoms. The number of para-hydroxylation sites is 1. The number of carbonyl (C=O) groups excluding carboxylic acids is 1. The van der Waals surface area contributed by atoms with Crippen molar-refractivity contribution >= 4 is 16.9 Å². The van der Waals surface area contributed by atoms with E-state index in [4.69, 9.17) is 19.2 Å². The number of hydrogen-bond acceptors (Lipinski definition) is 5. The van der Waals surface area contributed by atoms with E-state index in [1.165, 1.54) is 0 Å². The van der Waals surface area contributed by atoms with Gasteiger partial charge in [-0.1, -0.05) is 18.2 Å². The number of esters is 1. The van der Waals surface area contributed by atoms with Gasteiger partial charge in [0.15, 0.2) is 0 Å². The third kappa shape index (κ3) is 3.78. The first-order valence-electron chi connectivity index (χ1n) is 9.07. The monoisotopic (exact) mass is 363 g/mol. The fourth-order valence-corrected chi connectivity index (χ4v) is 3.28. The van der Waals surface area contributed by atoms with E-state index >= 15 is 0 Å². The van der Waals surface area contributed by atoms with Gasteiger partial charge in [0.25, 0.3) is 0 Å². The van der Waals surface area contributed by atoms with Crippen molar-refractivity contribution in [2.24, 2.45) is 0 Å². The standard InChI is InChI=1S/C22H21NO4/c1-25-16-10-8-15(9-11-16)21-13-19(18-6-2-3-7-20(18)23-21)22(24)27-14-17-5-4-12-26-17/h2-3,6-11,13,17H,4-5,12,14H2,1H3/t17-/m0/s1. The number of nitrogens with zero attached hydrogens (tertiary/aromatic N) is 1. The molecule has 0 amide bonds. The Hall–Kier alpha value is -2.92. The Bertz CT molecular complexity index is 946. The van der Waals surface area contributed by atoms with Crippen molar-refractivity contribution in [1.82, 2.24) is 4.98 Å². The zero-order valence-corrected chi connectivity index (χ0v) is 15.2. The Balaban J connectivity index is 1.68. The van der Waals surface area contributed by atoms with Crippen LogP contribution in [0.15, 0.2) is 54.6 Å². The van der Waals surface area contributed by atoms with Crippen LogP contribution >= 0.6 is 0 Å². The van der Waals surface area contributed by atoms with Crippen LogP contribution in [0.4, 0.5) is 0 Å². The molecule has 5 nitrogen and oxygen atoms in total. The maximum absolute atomic E-state index is 12.8. The zero-order chi connectivity index (χ0) is 18.6. The van der Waals surface area contributed by atoms with Crippen molar-refractivity contribution in [2.45, 2.75) is 18.9 Å². The molecule has 2 heterocycles. The fourth-order valence-electron chi connectivity index (χ4n) is 3.28. The minimum Gasteiger partial charge on any atom is -0.497 e. The first kappa shape index (κ1) is 17.5. The highest BCUT2D eigenvalue weighted by atomic mass is 16.6. The minimum absolute atomic E-state index is 0.00288. The molecule has 0 bridgehead atoms. The number of ether oxygens (including phenoxy) is 3. The van der Waals surface area contributed by atoms with Gasteiger partial charge in [-0.3, -0.25) is 0 Å². The van der Waals surface area contributed by atoms with Gasteiger partial charge in [0.05, 0.1) is 30.0 Å². The summed E-state index contributed by atoms with van der Waals surface area (Å²) in [6.07, 6.45) is 1.95. The second kappa shape index (κ2) is 7.76. The highest BCUT2D eigenvalue weighted by Crippen LogP contribution is 2.27. The van der Waals surface area contributed by atoms with E-state index in [2.05, 4.69) is 0 Å². The molecule has 0 radical (unpaired) electrons. The van der Waals surface area contributed by atoms with Crippen LogP contribution in [0.25, 0.3) is 22.2 Å². The topological polar surface area (TPSA) is 57.7 Å². The molecule has 0 N–H and O–H groups in total. The first-order chi connectivity index (χ1) is 13.2. The van der Waals surface area contributed by atoms with Gasteiger partial charge in [0, 0.05) is 17.6 Å². The van der Waals surface area contributed by atoms with Gasteiger partial charge in [0.2, 0.25) is 0 Å². The number of benzene rings is 2. The molecular formula is C22H21NO4. The summed E-state index contributed by atoms with van der Waals surface area (Å²) >= 11 is 0. The number of aromatic nitrogens is 1. The van der Waals surface area contributed by atoms with Crippen molar-refractivity contribution in [3.8, 4) is 17.0 Å². The SMILES string of the molecule is COc1ccc(-c2cc(C(=O)OC[C@@H]3CCCO3)c3ccccc3n2)cc1. The number of hydrogen-bond donors (Lipinski definition) is 0. The molecule has 4 rings (SSSR count). The molecule has 0 spiro atoms. The number of rotatable bonds is 5. The van der Waals surface area contributed by atoms with E-state index in [0.717, 1.165) is 47.4 Å². The molecule has 1 saturated heterocycles. The molecule has 1 aliphatic heterocycles. The summed E-state index contributed by atoms with van der Waals surface area (Å²) in [4.78, 5) is 17.5. The predicted molar refractivity (Wildman–Crippen MR) is 103 cm³/mol. The van der Waals surface area contributed by atoms with Crippen LogP contribution in [0.2, 0.25) is 0 Å². The minimum atomic E-state index is -0.348. The third-order valence-electron chi connectivity index (χ3n) is 4.75. The molecule has 0 saturated carbocycles. The number of fused-ring (bicyclic) bond motifs is 1. The Kier molecular flexibility index (Phi) is 5.03. The number of carbonyl (C=O) groups is 1. The van der Waals surface area contributed by atoms with Crippen LogP contribution in [0.3, 0.4) is 0 Å². The van der Waals surface area contributed by atoms with Gasteiger partial charge >= 0.3 is 5.97 Å². The van der Waals surface area contributed by atoms with Crippen molar-refractivity contribution in [3.05, 3.63) is 60.2 Å².